The van der Waals surface area contributed by atoms with E-state index in [1.54, 1.807) is 0 Å². The number of benzene rings is 2. The molecule has 8 heteroatoms. The fourth-order valence-electron chi connectivity index (χ4n) is 4.99. The summed E-state index contributed by atoms with van der Waals surface area (Å²) in [6, 6.07) is 14.6. The van der Waals surface area contributed by atoms with Crippen molar-refractivity contribution < 1.29 is 4.74 Å². The molecule has 0 radical (unpaired) electrons. The number of nitrogens with zero attached hydrogens (tertiary/aromatic N) is 6. The number of halogens is 1. The maximum Gasteiger partial charge on any atom is 0.173 e. The van der Waals surface area contributed by atoms with E-state index in [0.717, 1.165) is 62.0 Å². The first kappa shape index (κ1) is 22.3. The zero-order valence-corrected chi connectivity index (χ0v) is 20.1. The van der Waals surface area contributed by atoms with Gasteiger partial charge in [-0.25, -0.2) is 4.68 Å². The first-order valence-electron chi connectivity index (χ1n) is 11.8. The molecule has 2 saturated heterocycles. The predicted octanol–water partition coefficient (Wildman–Crippen LogP) is 4.03. The molecule has 7 nitrogen and oxygen atoms in total. The number of aryl methyl sites for hydroxylation is 1. The molecule has 3 heterocycles. The van der Waals surface area contributed by atoms with Gasteiger partial charge in [-0.1, -0.05) is 35.9 Å². The maximum atomic E-state index is 6.20. The number of ether oxygens (including phenoxy) is 1. The van der Waals surface area contributed by atoms with Crippen LogP contribution >= 0.6 is 11.6 Å². The van der Waals surface area contributed by atoms with Crippen LogP contribution in [0.4, 0.5) is 5.69 Å². The molecule has 0 saturated carbocycles. The van der Waals surface area contributed by atoms with Crippen LogP contribution in [0, 0.1) is 13.8 Å². The Bertz CT molecular complexity index is 1070. The Morgan fingerprint density at radius 3 is 2.58 bits per heavy atom. The van der Waals surface area contributed by atoms with E-state index in [9.17, 15) is 0 Å². The van der Waals surface area contributed by atoms with Gasteiger partial charge in [0.1, 0.15) is 0 Å². The first-order chi connectivity index (χ1) is 16.1. The number of rotatable bonds is 6. The van der Waals surface area contributed by atoms with Crippen molar-refractivity contribution in [2.45, 2.75) is 45.4 Å². The highest BCUT2D eigenvalue weighted by molar-refractivity contribution is 6.30. The highest BCUT2D eigenvalue weighted by atomic mass is 35.5. The van der Waals surface area contributed by atoms with E-state index >= 15 is 0 Å². The molecule has 5 rings (SSSR count). The third-order valence-corrected chi connectivity index (χ3v) is 7.24. The van der Waals surface area contributed by atoms with Gasteiger partial charge in [-0.15, -0.1) is 5.10 Å². The van der Waals surface area contributed by atoms with Crippen LogP contribution in [0.15, 0.2) is 42.5 Å². The Morgan fingerprint density at radius 1 is 1.06 bits per heavy atom. The third kappa shape index (κ3) is 4.76. The molecule has 2 atom stereocenters. The summed E-state index contributed by atoms with van der Waals surface area (Å²) in [7, 11) is 0. The Morgan fingerprint density at radius 2 is 1.85 bits per heavy atom. The van der Waals surface area contributed by atoms with Crippen molar-refractivity contribution in [1.82, 2.24) is 25.1 Å². The molecule has 0 bridgehead atoms. The SMILES string of the molecule is Cc1cccc(N2CCN([C@H](c3ccc(Cl)cc3)c3nnnn3C[C@@H]3CCCO3)CC2)c1C. The number of hydrogen-bond acceptors (Lipinski definition) is 6. The number of anilines is 1. The van der Waals surface area contributed by atoms with Crippen LogP contribution in [0.25, 0.3) is 0 Å². The van der Waals surface area contributed by atoms with Crippen molar-refractivity contribution in [2.75, 3.05) is 37.7 Å². The molecule has 2 aromatic carbocycles. The normalized spacial score (nSPS) is 20.3. The summed E-state index contributed by atoms with van der Waals surface area (Å²) in [6.07, 6.45) is 2.34. The number of aromatic nitrogens is 4. The minimum atomic E-state index is -0.0283. The zero-order valence-electron chi connectivity index (χ0n) is 19.3. The van der Waals surface area contributed by atoms with Crippen molar-refractivity contribution in [2.24, 2.45) is 0 Å². The molecule has 0 spiro atoms. The van der Waals surface area contributed by atoms with E-state index in [2.05, 4.69) is 69.5 Å². The Kier molecular flexibility index (Phi) is 6.62. The first-order valence-corrected chi connectivity index (χ1v) is 12.2. The van der Waals surface area contributed by atoms with E-state index in [0.29, 0.717) is 6.54 Å². The smallest absolute Gasteiger partial charge is 0.173 e. The summed E-state index contributed by atoms with van der Waals surface area (Å²) in [4.78, 5) is 4.98. The average molecular weight is 467 g/mol. The second-order valence-electron chi connectivity index (χ2n) is 9.05. The topological polar surface area (TPSA) is 59.3 Å². The Balaban J connectivity index is 1.40. The van der Waals surface area contributed by atoms with Crippen LogP contribution in [0.3, 0.4) is 0 Å². The largest absolute Gasteiger partial charge is 0.376 e. The summed E-state index contributed by atoms with van der Waals surface area (Å²) in [6.45, 7) is 9.68. The molecular weight excluding hydrogens is 436 g/mol. The van der Waals surface area contributed by atoms with Gasteiger partial charge in [0.05, 0.1) is 18.7 Å². The van der Waals surface area contributed by atoms with Crippen molar-refractivity contribution >= 4 is 17.3 Å². The Hall–Kier alpha value is -2.48. The highest BCUT2D eigenvalue weighted by Crippen LogP contribution is 2.31. The summed E-state index contributed by atoms with van der Waals surface area (Å²) in [5, 5.41) is 13.6. The van der Waals surface area contributed by atoms with E-state index in [4.69, 9.17) is 16.3 Å². The van der Waals surface area contributed by atoms with Gasteiger partial charge in [-0.2, -0.15) is 0 Å². The lowest BCUT2D eigenvalue weighted by Crippen LogP contribution is -2.48. The second kappa shape index (κ2) is 9.79. The van der Waals surface area contributed by atoms with Crippen molar-refractivity contribution in [1.29, 1.82) is 0 Å². The van der Waals surface area contributed by atoms with Crippen LogP contribution in [0.1, 0.15) is 41.4 Å². The van der Waals surface area contributed by atoms with Crippen molar-refractivity contribution in [3.8, 4) is 0 Å². The van der Waals surface area contributed by atoms with Crippen LogP contribution in [-0.2, 0) is 11.3 Å². The minimum absolute atomic E-state index is 0.0283. The molecule has 3 aromatic rings. The third-order valence-electron chi connectivity index (χ3n) is 6.99. The van der Waals surface area contributed by atoms with Crippen LogP contribution in [-0.4, -0.2) is 64.0 Å². The standard InChI is InChI=1S/C25H31ClN6O/c1-18-5-3-7-23(19(18)2)30-12-14-31(15-13-30)24(20-8-10-21(26)11-9-20)25-27-28-29-32(25)17-22-6-4-16-33-22/h3,5,7-11,22,24H,4,6,12-17H2,1-2H3/t22-,24+/m0/s1. The molecule has 0 amide bonds. The van der Waals surface area contributed by atoms with Gasteiger partial charge in [0.15, 0.2) is 5.82 Å². The van der Waals surface area contributed by atoms with Crippen molar-refractivity contribution in [3.63, 3.8) is 0 Å². The monoisotopic (exact) mass is 466 g/mol. The predicted molar refractivity (Wildman–Crippen MR) is 130 cm³/mol. The van der Waals surface area contributed by atoms with Gasteiger partial charge in [-0.05, 0) is 72.0 Å². The summed E-state index contributed by atoms with van der Waals surface area (Å²) in [5.41, 5.74) is 5.19. The summed E-state index contributed by atoms with van der Waals surface area (Å²) in [5.74, 6) is 0.869. The summed E-state index contributed by atoms with van der Waals surface area (Å²) < 4.78 is 7.79. The average Bonchev–Trinajstić information content (AvgIpc) is 3.51. The summed E-state index contributed by atoms with van der Waals surface area (Å²) >= 11 is 6.20. The lowest BCUT2D eigenvalue weighted by molar-refractivity contribution is 0.0906. The molecule has 1 aromatic heterocycles. The van der Waals surface area contributed by atoms with Gasteiger partial charge in [0.25, 0.3) is 0 Å². The molecule has 33 heavy (non-hydrogen) atoms. The molecular formula is C25H31ClN6O. The zero-order chi connectivity index (χ0) is 22.8. The maximum absolute atomic E-state index is 6.20. The van der Waals surface area contributed by atoms with E-state index in [1.807, 2.05) is 16.8 Å². The van der Waals surface area contributed by atoms with Crippen LogP contribution in [0.5, 0.6) is 0 Å². The van der Waals surface area contributed by atoms with E-state index in [1.165, 1.54) is 16.8 Å². The second-order valence-corrected chi connectivity index (χ2v) is 9.49. The van der Waals surface area contributed by atoms with Gasteiger partial charge < -0.3 is 9.64 Å². The lowest BCUT2D eigenvalue weighted by atomic mass is 10.0. The molecule has 0 N–H and O–H groups in total. The number of tetrazole rings is 1. The van der Waals surface area contributed by atoms with Crippen molar-refractivity contribution in [3.05, 3.63) is 70.0 Å². The van der Waals surface area contributed by atoms with Crippen LogP contribution in [0.2, 0.25) is 5.02 Å². The molecule has 0 unspecified atom stereocenters. The van der Waals surface area contributed by atoms with Gasteiger partial charge >= 0.3 is 0 Å². The number of piperazine rings is 1. The van der Waals surface area contributed by atoms with Gasteiger partial charge in [0.2, 0.25) is 0 Å². The van der Waals surface area contributed by atoms with Gasteiger partial charge in [0, 0.05) is 43.5 Å². The van der Waals surface area contributed by atoms with Gasteiger partial charge in [-0.3, -0.25) is 4.90 Å². The Labute approximate surface area is 200 Å². The van der Waals surface area contributed by atoms with E-state index in [-0.39, 0.29) is 12.1 Å². The quantitative estimate of drug-likeness (QED) is 0.546. The fraction of sp³-hybridized carbons (Fsp3) is 0.480. The van der Waals surface area contributed by atoms with Crippen LogP contribution < -0.4 is 4.90 Å². The highest BCUT2D eigenvalue weighted by Gasteiger charge is 2.32. The fourth-order valence-corrected chi connectivity index (χ4v) is 5.11. The molecule has 174 valence electrons. The lowest BCUT2D eigenvalue weighted by Gasteiger charge is -2.40. The molecule has 2 aliphatic heterocycles. The molecule has 2 fully saturated rings. The number of hydrogen-bond donors (Lipinski definition) is 0. The minimum Gasteiger partial charge on any atom is -0.376 e. The molecule has 2 aliphatic rings. The van der Waals surface area contributed by atoms with E-state index < -0.39 is 0 Å². The molecule has 0 aliphatic carbocycles.